The van der Waals surface area contributed by atoms with Crippen LogP contribution < -0.4 is 5.32 Å². The first-order chi connectivity index (χ1) is 8.61. The zero-order valence-corrected chi connectivity index (χ0v) is 13.1. The molecule has 1 spiro atoms. The third-order valence-corrected chi connectivity index (χ3v) is 6.70. The Balaban J connectivity index is 1.71. The summed E-state index contributed by atoms with van der Waals surface area (Å²) >= 11 is 2.02. The topological polar surface area (TPSA) is 38.3 Å². The molecule has 2 aliphatic heterocycles. The summed E-state index contributed by atoms with van der Waals surface area (Å²) in [6.07, 6.45) is 6.29. The maximum absolute atomic E-state index is 11.3. The standard InChI is InChI=1S/C13H25NO2S2/c1-11(18(2)15)3-6-14-12-4-7-16-13(9-12)5-8-17-10-13/h11-12,14H,3-10H2,1-2H3. The Morgan fingerprint density at radius 3 is 3.11 bits per heavy atom. The van der Waals surface area contributed by atoms with Crippen molar-refractivity contribution in [2.45, 2.75) is 49.5 Å². The summed E-state index contributed by atoms with van der Waals surface area (Å²) in [5.74, 6) is 2.42. The molecule has 2 rings (SSSR count). The van der Waals surface area contributed by atoms with Crippen LogP contribution in [0.15, 0.2) is 0 Å². The molecule has 0 aromatic carbocycles. The van der Waals surface area contributed by atoms with Crippen LogP contribution in [0.1, 0.15) is 32.6 Å². The molecule has 2 fully saturated rings. The van der Waals surface area contributed by atoms with Crippen LogP contribution in [-0.2, 0) is 15.5 Å². The van der Waals surface area contributed by atoms with E-state index in [1.165, 1.54) is 17.9 Å². The predicted octanol–water partition coefficient (Wildman–Crippen LogP) is 1.79. The van der Waals surface area contributed by atoms with Gasteiger partial charge in [0, 0.05) is 40.7 Å². The van der Waals surface area contributed by atoms with Crippen molar-refractivity contribution in [3.63, 3.8) is 0 Å². The van der Waals surface area contributed by atoms with Gasteiger partial charge in [-0.1, -0.05) is 6.92 Å². The van der Waals surface area contributed by atoms with Crippen molar-refractivity contribution in [3.05, 3.63) is 0 Å². The second-order valence-electron chi connectivity index (χ2n) is 5.58. The van der Waals surface area contributed by atoms with Crippen LogP contribution in [0.25, 0.3) is 0 Å². The molecule has 4 unspecified atom stereocenters. The number of nitrogens with one attached hydrogen (secondary N) is 1. The first-order valence-electron chi connectivity index (χ1n) is 6.89. The highest BCUT2D eigenvalue weighted by atomic mass is 32.2. The minimum absolute atomic E-state index is 0.166. The molecule has 0 aromatic rings. The Bertz CT molecular complexity index is 293. The summed E-state index contributed by atoms with van der Waals surface area (Å²) in [5.41, 5.74) is 0.166. The zero-order chi connectivity index (χ0) is 13.0. The summed E-state index contributed by atoms with van der Waals surface area (Å²) in [4.78, 5) is 0. The quantitative estimate of drug-likeness (QED) is 0.838. The Morgan fingerprint density at radius 2 is 2.44 bits per heavy atom. The van der Waals surface area contributed by atoms with E-state index in [0.717, 1.165) is 32.4 Å². The number of rotatable bonds is 5. The van der Waals surface area contributed by atoms with Gasteiger partial charge in [-0.05, 0) is 38.0 Å². The van der Waals surface area contributed by atoms with Crippen LogP contribution >= 0.6 is 11.8 Å². The molecule has 4 atom stereocenters. The fourth-order valence-corrected chi connectivity index (χ4v) is 4.55. The van der Waals surface area contributed by atoms with Crippen molar-refractivity contribution in [2.75, 3.05) is 30.9 Å². The average Bonchev–Trinajstić information content (AvgIpc) is 2.77. The highest BCUT2D eigenvalue weighted by Gasteiger charge is 2.40. The molecule has 106 valence electrons. The molecule has 0 radical (unpaired) electrons. The van der Waals surface area contributed by atoms with Crippen molar-refractivity contribution >= 4 is 22.6 Å². The largest absolute Gasteiger partial charge is 0.374 e. The molecule has 2 heterocycles. The second kappa shape index (κ2) is 6.73. The first-order valence-corrected chi connectivity index (χ1v) is 9.66. The Kier molecular flexibility index (Phi) is 5.54. The van der Waals surface area contributed by atoms with Crippen molar-refractivity contribution in [1.82, 2.24) is 5.32 Å². The lowest BCUT2D eigenvalue weighted by molar-refractivity contribution is -0.0700. The minimum Gasteiger partial charge on any atom is -0.374 e. The number of thioether (sulfide) groups is 1. The van der Waals surface area contributed by atoms with E-state index in [0.29, 0.717) is 11.3 Å². The normalized spacial score (nSPS) is 35.8. The van der Waals surface area contributed by atoms with Gasteiger partial charge in [-0.2, -0.15) is 11.8 Å². The molecule has 0 amide bonds. The maximum atomic E-state index is 11.3. The number of hydrogen-bond donors (Lipinski definition) is 1. The molecule has 0 aromatic heterocycles. The molecular formula is C13H25NO2S2. The van der Waals surface area contributed by atoms with E-state index in [9.17, 15) is 4.21 Å². The van der Waals surface area contributed by atoms with E-state index in [1.54, 1.807) is 6.26 Å². The van der Waals surface area contributed by atoms with Gasteiger partial charge in [-0.15, -0.1) is 0 Å². The predicted molar refractivity (Wildman–Crippen MR) is 79.8 cm³/mol. The van der Waals surface area contributed by atoms with Crippen LogP contribution in [0.3, 0.4) is 0 Å². The molecule has 5 heteroatoms. The van der Waals surface area contributed by atoms with Gasteiger partial charge in [-0.25, -0.2) is 0 Å². The summed E-state index contributed by atoms with van der Waals surface area (Å²) in [6, 6.07) is 0.593. The average molecular weight is 291 g/mol. The lowest BCUT2D eigenvalue weighted by Crippen LogP contribution is -2.47. The summed E-state index contributed by atoms with van der Waals surface area (Å²) in [6.45, 7) is 3.94. The smallest absolute Gasteiger partial charge is 0.0795 e. The van der Waals surface area contributed by atoms with Crippen LogP contribution in [0.4, 0.5) is 0 Å². The van der Waals surface area contributed by atoms with Crippen LogP contribution in [-0.4, -0.2) is 52.0 Å². The van der Waals surface area contributed by atoms with Gasteiger partial charge in [0.05, 0.1) is 5.60 Å². The van der Waals surface area contributed by atoms with E-state index in [-0.39, 0.29) is 5.60 Å². The third-order valence-electron chi connectivity index (χ3n) is 4.11. The second-order valence-corrected chi connectivity index (χ2v) is 8.48. The van der Waals surface area contributed by atoms with E-state index < -0.39 is 10.8 Å². The van der Waals surface area contributed by atoms with Gasteiger partial charge in [0.15, 0.2) is 0 Å². The molecule has 18 heavy (non-hydrogen) atoms. The van der Waals surface area contributed by atoms with Gasteiger partial charge in [0.25, 0.3) is 0 Å². The Labute approximate surface area is 117 Å². The maximum Gasteiger partial charge on any atom is 0.0795 e. The zero-order valence-electron chi connectivity index (χ0n) is 11.4. The highest BCUT2D eigenvalue weighted by molar-refractivity contribution is 7.99. The summed E-state index contributed by atoms with van der Waals surface area (Å²) in [5, 5.41) is 3.93. The molecule has 1 N–H and O–H groups in total. The van der Waals surface area contributed by atoms with E-state index in [1.807, 2.05) is 11.8 Å². The monoisotopic (exact) mass is 291 g/mol. The summed E-state index contributed by atoms with van der Waals surface area (Å²) < 4.78 is 17.3. The third kappa shape index (κ3) is 3.95. The fraction of sp³-hybridized carbons (Fsp3) is 1.00. The van der Waals surface area contributed by atoms with E-state index in [2.05, 4.69) is 12.2 Å². The molecule has 0 saturated carbocycles. The van der Waals surface area contributed by atoms with E-state index >= 15 is 0 Å². The number of ether oxygens (including phenoxy) is 1. The Hall–Kier alpha value is 0.420. The van der Waals surface area contributed by atoms with Crippen molar-refractivity contribution in [3.8, 4) is 0 Å². The molecular weight excluding hydrogens is 266 g/mol. The van der Waals surface area contributed by atoms with Gasteiger partial charge in [0.1, 0.15) is 0 Å². The lowest BCUT2D eigenvalue weighted by atomic mass is 9.90. The van der Waals surface area contributed by atoms with Crippen LogP contribution in [0.2, 0.25) is 0 Å². The molecule has 0 bridgehead atoms. The minimum atomic E-state index is -0.693. The van der Waals surface area contributed by atoms with Crippen LogP contribution in [0.5, 0.6) is 0 Å². The van der Waals surface area contributed by atoms with Crippen molar-refractivity contribution < 1.29 is 8.95 Å². The van der Waals surface area contributed by atoms with E-state index in [4.69, 9.17) is 4.74 Å². The number of hydrogen-bond acceptors (Lipinski definition) is 4. The lowest BCUT2D eigenvalue weighted by Gasteiger charge is -2.38. The van der Waals surface area contributed by atoms with Crippen LogP contribution in [0, 0.1) is 0 Å². The van der Waals surface area contributed by atoms with Crippen molar-refractivity contribution in [1.29, 1.82) is 0 Å². The van der Waals surface area contributed by atoms with Gasteiger partial charge >= 0.3 is 0 Å². The van der Waals surface area contributed by atoms with Gasteiger partial charge in [-0.3, -0.25) is 4.21 Å². The Morgan fingerprint density at radius 1 is 1.61 bits per heavy atom. The van der Waals surface area contributed by atoms with Crippen molar-refractivity contribution in [2.24, 2.45) is 0 Å². The highest BCUT2D eigenvalue weighted by Crippen LogP contribution is 2.38. The fourth-order valence-electron chi connectivity index (χ4n) is 2.72. The SMILES string of the molecule is CC(CCNC1CCOC2(CCSC2)C1)S(C)=O. The molecule has 2 saturated heterocycles. The first kappa shape index (κ1) is 14.8. The van der Waals surface area contributed by atoms with Gasteiger partial charge in [0.2, 0.25) is 0 Å². The summed E-state index contributed by atoms with van der Waals surface area (Å²) in [7, 11) is -0.693. The van der Waals surface area contributed by atoms with Gasteiger partial charge < -0.3 is 10.1 Å². The molecule has 2 aliphatic rings. The molecule has 3 nitrogen and oxygen atoms in total. The molecule has 0 aliphatic carbocycles.